The lowest BCUT2D eigenvalue weighted by molar-refractivity contribution is 0.0943. The van der Waals surface area contributed by atoms with Gasteiger partial charge in [-0.1, -0.05) is 12.8 Å². The number of nitrogens with zero attached hydrogens (tertiary/aromatic N) is 3. The molecule has 7 heteroatoms. The highest BCUT2D eigenvalue weighted by Crippen LogP contribution is 2.18. The number of carbonyl (C=O) groups is 1. The molecule has 1 saturated carbocycles. The van der Waals surface area contributed by atoms with Crippen molar-refractivity contribution in [1.82, 2.24) is 25.2 Å². The summed E-state index contributed by atoms with van der Waals surface area (Å²) in [5, 5.41) is 19.7. The predicted octanol–water partition coefficient (Wildman–Crippen LogP) is 0.832. The van der Waals surface area contributed by atoms with E-state index in [9.17, 15) is 9.90 Å². The molecule has 1 aliphatic carbocycles. The number of nitrogens with one attached hydrogen (secondary N) is 2. The fraction of sp³-hybridized carbons (Fsp3) is 0.500. The fourth-order valence-corrected chi connectivity index (χ4v) is 2.69. The second-order valence-electron chi connectivity index (χ2n) is 5.32. The summed E-state index contributed by atoms with van der Waals surface area (Å²) in [6.45, 7) is 0.356. The van der Waals surface area contributed by atoms with Gasteiger partial charge in [0.05, 0.1) is 30.6 Å². The Morgan fingerprint density at radius 1 is 1.33 bits per heavy atom. The number of rotatable bonds is 3. The Morgan fingerprint density at radius 3 is 3.05 bits per heavy atom. The molecule has 3 rings (SSSR count). The zero-order chi connectivity index (χ0) is 14.7. The zero-order valence-electron chi connectivity index (χ0n) is 11.7. The highest BCUT2D eigenvalue weighted by molar-refractivity contribution is 5.74. The monoisotopic (exact) mass is 289 g/mol. The number of aliphatic hydroxyl groups excluding tert-OH is 1. The van der Waals surface area contributed by atoms with Crippen molar-refractivity contribution < 1.29 is 9.90 Å². The third-order valence-corrected chi connectivity index (χ3v) is 3.84. The van der Waals surface area contributed by atoms with Crippen molar-refractivity contribution in [2.75, 3.05) is 0 Å². The first-order valence-corrected chi connectivity index (χ1v) is 7.24. The first kappa shape index (κ1) is 13.8. The molecule has 0 spiro atoms. The second-order valence-corrected chi connectivity index (χ2v) is 5.32. The minimum absolute atomic E-state index is 0.152. The number of urea groups is 1. The lowest BCUT2D eigenvalue weighted by atomic mass is 9.93. The van der Waals surface area contributed by atoms with Crippen molar-refractivity contribution in [3.05, 3.63) is 30.2 Å². The molecule has 21 heavy (non-hydrogen) atoms. The summed E-state index contributed by atoms with van der Waals surface area (Å²) in [6.07, 6.45) is 6.57. The maximum Gasteiger partial charge on any atom is 0.315 e. The molecule has 0 radical (unpaired) electrons. The minimum atomic E-state index is -0.441. The Labute approximate surface area is 122 Å². The molecule has 0 bridgehead atoms. The molecule has 112 valence electrons. The van der Waals surface area contributed by atoms with Crippen molar-refractivity contribution >= 4 is 11.7 Å². The van der Waals surface area contributed by atoms with E-state index < -0.39 is 6.10 Å². The molecule has 2 heterocycles. The van der Waals surface area contributed by atoms with Crippen LogP contribution < -0.4 is 10.6 Å². The van der Waals surface area contributed by atoms with Crippen molar-refractivity contribution in [3.63, 3.8) is 0 Å². The summed E-state index contributed by atoms with van der Waals surface area (Å²) in [5.41, 5.74) is 1.60. The topological polar surface area (TPSA) is 91.6 Å². The van der Waals surface area contributed by atoms with Gasteiger partial charge in [-0.05, 0) is 18.9 Å². The van der Waals surface area contributed by atoms with Crippen molar-refractivity contribution in [2.24, 2.45) is 0 Å². The van der Waals surface area contributed by atoms with E-state index in [-0.39, 0.29) is 12.1 Å². The largest absolute Gasteiger partial charge is 0.391 e. The third kappa shape index (κ3) is 3.13. The first-order chi connectivity index (χ1) is 10.2. The van der Waals surface area contributed by atoms with Gasteiger partial charge >= 0.3 is 6.03 Å². The predicted molar refractivity (Wildman–Crippen MR) is 76.6 cm³/mol. The Morgan fingerprint density at radius 2 is 2.19 bits per heavy atom. The number of fused-ring (bicyclic) bond motifs is 1. The van der Waals surface area contributed by atoms with Crippen LogP contribution in [0.1, 0.15) is 31.4 Å². The number of hydrogen-bond donors (Lipinski definition) is 3. The molecule has 2 aromatic heterocycles. The van der Waals surface area contributed by atoms with Gasteiger partial charge < -0.3 is 15.7 Å². The number of amides is 2. The standard InChI is InChI=1S/C14H19N5O2/c20-12-4-2-1-3-11(12)18-14(21)16-9-10-5-7-15-13-6-8-17-19(10)13/h5-8,11-12,20H,1-4,9H2,(H2,16,18,21). The molecule has 2 unspecified atom stereocenters. The molecule has 1 fully saturated rings. The lowest BCUT2D eigenvalue weighted by Gasteiger charge is -2.28. The van der Waals surface area contributed by atoms with Gasteiger partial charge in [-0.3, -0.25) is 0 Å². The smallest absolute Gasteiger partial charge is 0.315 e. The van der Waals surface area contributed by atoms with Crippen molar-refractivity contribution in [3.8, 4) is 0 Å². The van der Waals surface area contributed by atoms with Crippen LogP contribution in [0.5, 0.6) is 0 Å². The van der Waals surface area contributed by atoms with Gasteiger partial charge in [0.15, 0.2) is 5.65 Å². The van der Waals surface area contributed by atoms with Crippen LogP contribution in [-0.2, 0) is 6.54 Å². The average molecular weight is 289 g/mol. The number of aliphatic hydroxyl groups is 1. The van der Waals surface area contributed by atoms with Gasteiger partial charge in [0, 0.05) is 12.3 Å². The SMILES string of the molecule is O=C(NCc1ccnc2ccnn12)NC1CCCCC1O. The van der Waals surface area contributed by atoms with Crippen LogP contribution in [0, 0.1) is 0 Å². The van der Waals surface area contributed by atoms with E-state index >= 15 is 0 Å². The molecular weight excluding hydrogens is 270 g/mol. The van der Waals surface area contributed by atoms with E-state index in [1.165, 1.54) is 0 Å². The lowest BCUT2D eigenvalue weighted by Crippen LogP contribution is -2.48. The zero-order valence-corrected chi connectivity index (χ0v) is 11.7. The fourth-order valence-electron chi connectivity index (χ4n) is 2.69. The van der Waals surface area contributed by atoms with Crippen LogP contribution in [0.25, 0.3) is 5.65 Å². The van der Waals surface area contributed by atoms with Crippen molar-refractivity contribution in [1.29, 1.82) is 0 Å². The molecule has 2 atom stereocenters. The Hall–Kier alpha value is -2.15. The Kier molecular flexibility index (Phi) is 4.01. The Balaban J connectivity index is 1.57. The average Bonchev–Trinajstić information content (AvgIpc) is 2.96. The summed E-state index contributed by atoms with van der Waals surface area (Å²) in [6, 6.07) is 3.21. The van der Waals surface area contributed by atoms with Crippen LogP contribution in [-0.4, -0.2) is 37.9 Å². The normalized spacial score (nSPS) is 22.1. The van der Waals surface area contributed by atoms with Gasteiger partial charge in [0.2, 0.25) is 0 Å². The summed E-state index contributed by atoms with van der Waals surface area (Å²) < 4.78 is 1.69. The number of aromatic nitrogens is 3. The van der Waals surface area contributed by atoms with Gasteiger partial charge in [-0.2, -0.15) is 5.10 Å². The van der Waals surface area contributed by atoms with E-state index in [2.05, 4.69) is 20.7 Å². The van der Waals surface area contributed by atoms with Crippen LogP contribution in [0.2, 0.25) is 0 Å². The van der Waals surface area contributed by atoms with Crippen molar-refractivity contribution in [2.45, 2.75) is 44.4 Å². The molecule has 7 nitrogen and oxygen atoms in total. The summed E-state index contributed by atoms with van der Waals surface area (Å²) in [7, 11) is 0. The Bertz CT molecular complexity index is 627. The molecule has 0 aliphatic heterocycles. The molecular formula is C14H19N5O2. The first-order valence-electron chi connectivity index (χ1n) is 7.24. The second kappa shape index (κ2) is 6.09. The van der Waals surface area contributed by atoms with Gasteiger partial charge in [0.25, 0.3) is 0 Å². The summed E-state index contributed by atoms with van der Waals surface area (Å²) >= 11 is 0. The maximum absolute atomic E-state index is 11.9. The van der Waals surface area contributed by atoms with Crippen LogP contribution in [0.3, 0.4) is 0 Å². The van der Waals surface area contributed by atoms with E-state index in [0.717, 1.165) is 37.0 Å². The molecule has 0 aromatic carbocycles. The minimum Gasteiger partial charge on any atom is -0.391 e. The van der Waals surface area contributed by atoms with Crippen LogP contribution in [0.4, 0.5) is 4.79 Å². The third-order valence-electron chi connectivity index (χ3n) is 3.84. The van der Waals surface area contributed by atoms with Crippen LogP contribution in [0.15, 0.2) is 24.5 Å². The van der Waals surface area contributed by atoms with E-state index in [1.807, 2.05) is 12.1 Å². The van der Waals surface area contributed by atoms with E-state index in [1.54, 1.807) is 16.9 Å². The van der Waals surface area contributed by atoms with E-state index in [4.69, 9.17) is 0 Å². The molecule has 1 aliphatic rings. The quantitative estimate of drug-likeness (QED) is 0.780. The number of hydrogen-bond acceptors (Lipinski definition) is 4. The van der Waals surface area contributed by atoms with E-state index in [0.29, 0.717) is 6.54 Å². The number of carbonyl (C=O) groups excluding carboxylic acids is 1. The molecule has 3 N–H and O–H groups in total. The van der Waals surface area contributed by atoms with Gasteiger partial charge in [-0.25, -0.2) is 14.3 Å². The maximum atomic E-state index is 11.9. The van der Waals surface area contributed by atoms with Gasteiger partial charge in [-0.15, -0.1) is 0 Å². The molecule has 2 aromatic rings. The molecule has 0 saturated heterocycles. The highest BCUT2D eigenvalue weighted by atomic mass is 16.3. The molecule has 2 amide bonds. The summed E-state index contributed by atoms with van der Waals surface area (Å²) in [4.78, 5) is 16.1. The van der Waals surface area contributed by atoms with Gasteiger partial charge in [0.1, 0.15) is 0 Å². The summed E-state index contributed by atoms with van der Waals surface area (Å²) in [5.74, 6) is 0. The highest BCUT2D eigenvalue weighted by Gasteiger charge is 2.24. The van der Waals surface area contributed by atoms with Crippen LogP contribution >= 0.6 is 0 Å².